The number of aromatic nitrogens is 3. The highest BCUT2D eigenvalue weighted by molar-refractivity contribution is 5.82. The second kappa shape index (κ2) is 10.9. The van der Waals surface area contributed by atoms with E-state index in [4.69, 9.17) is 14.8 Å². The van der Waals surface area contributed by atoms with Gasteiger partial charge in [0.1, 0.15) is 0 Å². The summed E-state index contributed by atoms with van der Waals surface area (Å²) in [5, 5.41) is 20.9. The molecular formula is C29H30N6O3. The normalized spacial score (nSPS) is 15.8. The Morgan fingerprint density at radius 2 is 2.03 bits per heavy atom. The first kappa shape index (κ1) is 25.2. The highest BCUT2D eigenvalue weighted by Gasteiger charge is 2.22. The van der Waals surface area contributed by atoms with Gasteiger partial charge in [0.2, 0.25) is 5.65 Å². The fraction of sp³-hybridized carbons (Fsp3) is 0.310. The number of nitriles is 1. The van der Waals surface area contributed by atoms with Gasteiger partial charge >= 0.3 is 6.09 Å². The fourth-order valence-electron chi connectivity index (χ4n) is 5.02. The summed E-state index contributed by atoms with van der Waals surface area (Å²) in [6.45, 7) is 4.80. The van der Waals surface area contributed by atoms with Crippen LogP contribution in [0.4, 0.5) is 4.79 Å². The van der Waals surface area contributed by atoms with E-state index in [1.54, 1.807) is 18.3 Å². The van der Waals surface area contributed by atoms with Crippen molar-refractivity contribution in [3.05, 3.63) is 71.5 Å². The lowest BCUT2D eigenvalue weighted by atomic mass is 9.98. The maximum absolute atomic E-state index is 11.1. The fourth-order valence-corrected chi connectivity index (χ4v) is 5.02. The number of nitrogens with zero attached hydrogens (tertiary/aromatic N) is 5. The van der Waals surface area contributed by atoms with E-state index in [9.17, 15) is 10.1 Å². The van der Waals surface area contributed by atoms with Crippen molar-refractivity contribution < 1.29 is 14.6 Å². The summed E-state index contributed by atoms with van der Waals surface area (Å²) in [5.74, 6) is 0.885. The molecule has 1 atom stereocenters. The van der Waals surface area contributed by atoms with Gasteiger partial charge in [0.15, 0.2) is 0 Å². The lowest BCUT2D eigenvalue weighted by Gasteiger charge is -2.29. The molecule has 1 aliphatic heterocycles. The van der Waals surface area contributed by atoms with Crippen LogP contribution >= 0.6 is 0 Å². The molecule has 0 radical (unpaired) electrons. The molecule has 38 heavy (non-hydrogen) atoms. The average Bonchev–Trinajstić information content (AvgIpc) is 3.41. The third-order valence-corrected chi connectivity index (χ3v) is 7.03. The number of fused-ring (bicyclic) bond motifs is 1. The Morgan fingerprint density at radius 3 is 2.76 bits per heavy atom. The van der Waals surface area contributed by atoms with E-state index >= 15 is 0 Å². The van der Waals surface area contributed by atoms with Gasteiger partial charge < -0.3 is 20.1 Å². The monoisotopic (exact) mass is 510 g/mol. The Bertz CT molecular complexity index is 1510. The number of amides is 1. The van der Waals surface area contributed by atoms with E-state index in [0.717, 1.165) is 53.9 Å². The van der Waals surface area contributed by atoms with Gasteiger partial charge in [0, 0.05) is 42.5 Å². The van der Waals surface area contributed by atoms with Gasteiger partial charge in [-0.2, -0.15) is 5.26 Å². The van der Waals surface area contributed by atoms with Crippen LogP contribution in [-0.4, -0.2) is 57.2 Å². The molecule has 2 N–H and O–H groups in total. The molecule has 0 unspecified atom stereocenters. The van der Waals surface area contributed by atoms with Crippen LogP contribution in [0.1, 0.15) is 29.5 Å². The molecule has 3 heterocycles. The van der Waals surface area contributed by atoms with E-state index in [-0.39, 0.29) is 6.54 Å². The molecule has 0 spiro atoms. The number of piperidine rings is 1. The zero-order valence-corrected chi connectivity index (χ0v) is 21.5. The van der Waals surface area contributed by atoms with Crippen LogP contribution in [-0.2, 0) is 6.54 Å². The minimum Gasteiger partial charge on any atom is -0.475 e. The van der Waals surface area contributed by atoms with Crippen molar-refractivity contribution in [2.45, 2.75) is 26.3 Å². The smallest absolute Gasteiger partial charge is 0.404 e. The van der Waals surface area contributed by atoms with Gasteiger partial charge in [-0.15, -0.1) is 0 Å². The topological polar surface area (TPSA) is 116 Å². The first-order chi connectivity index (χ1) is 18.4. The summed E-state index contributed by atoms with van der Waals surface area (Å²) >= 11 is 0. The third kappa shape index (κ3) is 5.31. The quantitative estimate of drug-likeness (QED) is 0.369. The second-order valence-electron chi connectivity index (χ2n) is 9.81. The van der Waals surface area contributed by atoms with Crippen LogP contribution in [0.5, 0.6) is 5.88 Å². The van der Waals surface area contributed by atoms with E-state index in [1.807, 2.05) is 47.9 Å². The molecule has 1 aliphatic rings. The van der Waals surface area contributed by atoms with Crippen LogP contribution in [0, 0.1) is 24.2 Å². The van der Waals surface area contributed by atoms with Crippen LogP contribution in [0.2, 0.25) is 0 Å². The predicted molar refractivity (Wildman–Crippen MR) is 144 cm³/mol. The number of imidazole rings is 1. The van der Waals surface area contributed by atoms with Crippen molar-refractivity contribution in [2.24, 2.45) is 5.92 Å². The second-order valence-corrected chi connectivity index (χ2v) is 9.81. The highest BCUT2D eigenvalue weighted by atomic mass is 16.5. The third-order valence-electron chi connectivity index (χ3n) is 7.03. The Morgan fingerprint density at radius 1 is 1.24 bits per heavy atom. The number of nitrogens with one attached hydrogen (secondary N) is 1. The molecule has 9 heteroatoms. The maximum Gasteiger partial charge on any atom is 0.404 e. The molecule has 1 amide bonds. The molecule has 0 bridgehead atoms. The van der Waals surface area contributed by atoms with Crippen LogP contribution in [0.3, 0.4) is 0 Å². The highest BCUT2D eigenvalue weighted by Crippen LogP contribution is 2.36. The summed E-state index contributed by atoms with van der Waals surface area (Å²) < 4.78 is 8.30. The zero-order chi connectivity index (χ0) is 26.6. The number of carboxylic acid groups (broad SMARTS) is 1. The van der Waals surface area contributed by atoms with Gasteiger partial charge in [-0.25, -0.2) is 14.8 Å². The minimum atomic E-state index is -1.07. The number of rotatable bonds is 7. The number of carbonyl (C=O) groups is 1. The summed E-state index contributed by atoms with van der Waals surface area (Å²) in [7, 11) is 2.14. The molecule has 9 nitrogen and oxygen atoms in total. The Kier molecular flexibility index (Phi) is 7.24. The van der Waals surface area contributed by atoms with Crippen molar-refractivity contribution in [1.29, 1.82) is 5.26 Å². The van der Waals surface area contributed by atoms with Gasteiger partial charge in [0.25, 0.3) is 5.88 Å². The van der Waals surface area contributed by atoms with Crippen LogP contribution in [0.15, 0.2) is 54.9 Å². The molecule has 1 fully saturated rings. The molecule has 0 saturated carbocycles. The Labute approximate surface area is 221 Å². The summed E-state index contributed by atoms with van der Waals surface area (Å²) in [4.78, 5) is 23.0. The predicted octanol–water partition coefficient (Wildman–Crippen LogP) is 4.73. The summed E-state index contributed by atoms with van der Waals surface area (Å²) in [6.07, 6.45) is 4.81. The average molecular weight is 511 g/mol. The van der Waals surface area contributed by atoms with Gasteiger partial charge in [-0.05, 0) is 62.7 Å². The lowest BCUT2D eigenvalue weighted by Crippen LogP contribution is -2.34. The number of hydrogen-bond acceptors (Lipinski definition) is 6. The number of ether oxygens (including phenoxy) is 1. The summed E-state index contributed by atoms with van der Waals surface area (Å²) in [6, 6.07) is 15.4. The van der Waals surface area contributed by atoms with E-state index < -0.39 is 6.09 Å². The van der Waals surface area contributed by atoms with Crippen molar-refractivity contribution in [1.82, 2.24) is 24.6 Å². The van der Waals surface area contributed by atoms with Gasteiger partial charge in [0.05, 0.1) is 29.6 Å². The number of likely N-dealkylation sites (tertiary alicyclic amines) is 1. The van der Waals surface area contributed by atoms with Crippen molar-refractivity contribution in [2.75, 3.05) is 26.7 Å². The maximum atomic E-state index is 11.1. The Balaban J connectivity index is 1.62. The zero-order valence-electron chi connectivity index (χ0n) is 21.5. The van der Waals surface area contributed by atoms with Gasteiger partial charge in [-0.1, -0.05) is 24.3 Å². The SMILES string of the molecule is Cc1ccc(-c2c(-c3ccc(C#N)cc3)nc(OC[C@@H]3CCCN(C)C3)c3nccn23)cc1CNC(=O)O. The standard InChI is InChI=1S/C29H30N6O3/c1-19-5-8-23(14-24(19)16-32-29(36)37)26-25(22-9-6-20(15-30)7-10-22)33-28(27-31-11-13-35(26)27)38-18-21-4-3-12-34(2)17-21/h5-11,13-14,21,32H,3-4,12,16-18H2,1-2H3,(H,36,37)/t21-/m1/s1. The van der Waals surface area contributed by atoms with Crippen molar-refractivity contribution >= 4 is 11.7 Å². The number of hydrogen-bond donors (Lipinski definition) is 2. The molecule has 0 aliphatic carbocycles. The number of benzene rings is 2. The van der Waals surface area contributed by atoms with Crippen LogP contribution < -0.4 is 10.1 Å². The largest absolute Gasteiger partial charge is 0.475 e. The van der Waals surface area contributed by atoms with E-state index in [0.29, 0.717) is 35.3 Å². The number of aryl methyl sites for hydroxylation is 1. The molecule has 1 saturated heterocycles. The first-order valence-corrected chi connectivity index (χ1v) is 12.7. The molecule has 4 aromatic rings. The first-order valence-electron chi connectivity index (χ1n) is 12.7. The molecule has 2 aromatic heterocycles. The molecule has 194 valence electrons. The lowest BCUT2D eigenvalue weighted by molar-refractivity contribution is 0.148. The molecule has 5 rings (SSSR count). The Hall–Kier alpha value is -4.42. The van der Waals surface area contributed by atoms with Crippen LogP contribution in [0.25, 0.3) is 28.2 Å². The van der Waals surface area contributed by atoms with E-state index in [2.05, 4.69) is 28.3 Å². The van der Waals surface area contributed by atoms with Crippen molar-refractivity contribution in [3.63, 3.8) is 0 Å². The summed E-state index contributed by atoms with van der Waals surface area (Å²) in [5.41, 5.74) is 6.23. The van der Waals surface area contributed by atoms with Crippen molar-refractivity contribution in [3.8, 4) is 34.5 Å². The molecular weight excluding hydrogens is 480 g/mol. The van der Waals surface area contributed by atoms with Gasteiger partial charge in [-0.3, -0.25) is 4.40 Å². The molecule has 2 aromatic carbocycles. The minimum absolute atomic E-state index is 0.193. The van der Waals surface area contributed by atoms with E-state index in [1.165, 1.54) is 0 Å².